The largest absolute Gasteiger partial charge is 0.480 e. The monoisotopic (exact) mass is 299 g/mol. The van der Waals surface area contributed by atoms with Gasteiger partial charge in [0.2, 0.25) is 10.0 Å². The maximum absolute atomic E-state index is 11.9. The lowest BCUT2D eigenvalue weighted by molar-refractivity contribution is -0.138. The summed E-state index contributed by atoms with van der Waals surface area (Å²) in [5.41, 5.74) is 1.07. The average Bonchev–Trinajstić information content (AvgIpc) is 2.36. The number of hydrogen-bond acceptors (Lipinski definition) is 3. The smallest absolute Gasteiger partial charge is 0.321 e. The average molecular weight is 299 g/mol. The Morgan fingerprint density at radius 1 is 1.20 bits per heavy atom. The fraction of sp³-hybridized carbons (Fsp3) is 0.500. The van der Waals surface area contributed by atoms with Crippen LogP contribution >= 0.6 is 0 Å². The van der Waals surface area contributed by atoms with Gasteiger partial charge in [0.25, 0.3) is 0 Å². The lowest BCUT2D eigenvalue weighted by atomic mass is 10.0. The van der Waals surface area contributed by atoms with E-state index in [4.69, 9.17) is 5.11 Å². The summed E-state index contributed by atoms with van der Waals surface area (Å²) in [6, 6.07) is 5.39. The van der Waals surface area contributed by atoms with Crippen LogP contribution in [0.2, 0.25) is 0 Å². The van der Waals surface area contributed by atoms with E-state index in [1.807, 2.05) is 0 Å². The summed E-state index contributed by atoms with van der Waals surface area (Å²) < 4.78 is 26.0. The van der Waals surface area contributed by atoms with E-state index < -0.39 is 22.0 Å². The standard InChI is InChI=1S/C14H21NO4S/c1-10(2)4-5-12-6-8-13(9-7-12)20(18,19)15-11(3)14(16)17/h6-11,15H,4-5H2,1-3H3,(H,16,17). The lowest BCUT2D eigenvalue weighted by Gasteiger charge is -2.11. The highest BCUT2D eigenvalue weighted by molar-refractivity contribution is 7.89. The summed E-state index contributed by atoms with van der Waals surface area (Å²) in [5.74, 6) is -0.612. The van der Waals surface area contributed by atoms with Crippen LogP contribution < -0.4 is 4.72 Å². The third-order valence-corrected chi connectivity index (χ3v) is 4.50. The zero-order chi connectivity index (χ0) is 15.3. The molecule has 20 heavy (non-hydrogen) atoms. The van der Waals surface area contributed by atoms with Crippen LogP contribution in [-0.4, -0.2) is 25.5 Å². The van der Waals surface area contributed by atoms with Crippen LogP contribution in [0.15, 0.2) is 29.2 Å². The predicted octanol–water partition coefficient (Wildman–Crippen LogP) is 2.03. The number of aryl methyl sites for hydroxylation is 1. The van der Waals surface area contributed by atoms with Crippen LogP contribution in [0.1, 0.15) is 32.8 Å². The Morgan fingerprint density at radius 2 is 1.75 bits per heavy atom. The first-order chi connectivity index (χ1) is 9.22. The molecule has 0 bridgehead atoms. The molecular weight excluding hydrogens is 278 g/mol. The van der Waals surface area contributed by atoms with Crippen LogP contribution in [0.25, 0.3) is 0 Å². The molecule has 0 aromatic heterocycles. The van der Waals surface area contributed by atoms with E-state index in [0.717, 1.165) is 18.4 Å². The summed E-state index contributed by atoms with van der Waals surface area (Å²) in [4.78, 5) is 10.8. The molecule has 1 atom stereocenters. The third kappa shape index (κ3) is 4.94. The topological polar surface area (TPSA) is 83.5 Å². The molecule has 0 aliphatic carbocycles. The first-order valence-electron chi connectivity index (χ1n) is 6.56. The maximum Gasteiger partial charge on any atom is 0.321 e. The van der Waals surface area contributed by atoms with E-state index in [1.165, 1.54) is 19.1 Å². The molecule has 0 amide bonds. The van der Waals surface area contributed by atoms with E-state index >= 15 is 0 Å². The summed E-state index contributed by atoms with van der Waals surface area (Å²) in [7, 11) is -3.78. The SMILES string of the molecule is CC(C)CCc1ccc(S(=O)(=O)NC(C)C(=O)O)cc1. The van der Waals surface area contributed by atoms with Gasteiger partial charge in [-0.05, 0) is 43.4 Å². The Kier molecular flexibility index (Phi) is 5.71. The van der Waals surface area contributed by atoms with E-state index in [2.05, 4.69) is 18.6 Å². The van der Waals surface area contributed by atoms with Gasteiger partial charge in [-0.2, -0.15) is 4.72 Å². The molecule has 0 saturated heterocycles. The van der Waals surface area contributed by atoms with Crippen LogP contribution in [0, 0.1) is 5.92 Å². The molecule has 2 N–H and O–H groups in total. The second-order valence-corrected chi connectivity index (χ2v) is 6.97. The molecule has 0 radical (unpaired) electrons. The van der Waals surface area contributed by atoms with Gasteiger partial charge in [-0.3, -0.25) is 4.79 Å². The van der Waals surface area contributed by atoms with E-state index in [1.54, 1.807) is 12.1 Å². The minimum Gasteiger partial charge on any atom is -0.480 e. The molecule has 6 heteroatoms. The molecule has 1 aromatic carbocycles. The van der Waals surface area contributed by atoms with Crippen molar-refractivity contribution in [2.24, 2.45) is 5.92 Å². The molecular formula is C14H21NO4S. The van der Waals surface area contributed by atoms with Crippen molar-refractivity contribution in [1.29, 1.82) is 0 Å². The number of rotatable bonds is 7. The number of carbonyl (C=O) groups is 1. The lowest BCUT2D eigenvalue weighted by Crippen LogP contribution is -2.38. The van der Waals surface area contributed by atoms with Crippen molar-refractivity contribution in [2.45, 2.75) is 44.6 Å². The predicted molar refractivity (Wildman–Crippen MR) is 77.0 cm³/mol. The molecule has 0 spiro atoms. The fourth-order valence-electron chi connectivity index (χ4n) is 1.64. The first-order valence-corrected chi connectivity index (χ1v) is 8.05. The number of sulfonamides is 1. The Balaban J connectivity index is 2.79. The van der Waals surface area contributed by atoms with E-state index in [-0.39, 0.29) is 4.90 Å². The summed E-state index contributed by atoms with van der Waals surface area (Å²) in [6.45, 7) is 5.56. The Morgan fingerprint density at radius 3 is 2.20 bits per heavy atom. The number of benzene rings is 1. The number of hydrogen-bond donors (Lipinski definition) is 2. The minimum absolute atomic E-state index is 0.0823. The highest BCUT2D eigenvalue weighted by atomic mass is 32.2. The number of nitrogens with one attached hydrogen (secondary N) is 1. The first kappa shape index (κ1) is 16.7. The van der Waals surface area contributed by atoms with Crippen molar-refractivity contribution >= 4 is 16.0 Å². The maximum atomic E-state index is 11.9. The molecule has 0 aliphatic rings. The van der Waals surface area contributed by atoms with Crippen LogP contribution in [0.3, 0.4) is 0 Å². The van der Waals surface area contributed by atoms with Crippen molar-refractivity contribution < 1.29 is 18.3 Å². The molecule has 1 rings (SSSR count). The molecule has 1 unspecified atom stereocenters. The van der Waals surface area contributed by atoms with Gasteiger partial charge in [-0.1, -0.05) is 26.0 Å². The highest BCUT2D eigenvalue weighted by Gasteiger charge is 2.21. The van der Waals surface area contributed by atoms with Crippen molar-refractivity contribution in [3.63, 3.8) is 0 Å². The zero-order valence-electron chi connectivity index (χ0n) is 12.0. The van der Waals surface area contributed by atoms with Crippen molar-refractivity contribution in [1.82, 2.24) is 4.72 Å². The van der Waals surface area contributed by atoms with Crippen molar-refractivity contribution in [3.05, 3.63) is 29.8 Å². The van der Waals surface area contributed by atoms with Gasteiger partial charge in [0, 0.05) is 0 Å². The van der Waals surface area contributed by atoms with Crippen molar-refractivity contribution in [3.8, 4) is 0 Å². The fourth-order valence-corrected chi connectivity index (χ4v) is 2.84. The molecule has 112 valence electrons. The molecule has 0 saturated carbocycles. The highest BCUT2D eigenvalue weighted by Crippen LogP contribution is 2.14. The van der Waals surface area contributed by atoms with Gasteiger partial charge < -0.3 is 5.11 Å². The Labute approximate surface area is 120 Å². The van der Waals surface area contributed by atoms with Gasteiger partial charge in [-0.25, -0.2) is 8.42 Å². The third-order valence-electron chi connectivity index (χ3n) is 2.95. The van der Waals surface area contributed by atoms with Gasteiger partial charge in [0.1, 0.15) is 6.04 Å². The van der Waals surface area contributed by atoms with Gasteiger partial charge >= 0.3 is 5.97 Å². The van der Waals surface area contributed by atoms with Crippen LogP contribution in [0.5, 0.6) is 0 Å². The molecule has 0 heterocycles. The molecule has 5 nitrogen and oxygen atoms in total. The quantitative estimate of drug-likeness (QED) is 0.807. The van der Waals surface area contributed by atoms with Gasteiger partial charge in [0.15, 0.2) is 0 Å². The van der Waals surface area contributed by atoms with E-state index in [9.17, 15) is 13.2 Å². The van der Waals surface area contributed by atoms with E-state index in [0.29, 0.717) is 5.92 Å². The van der Waals surface area contributed by atoms with Crippen LogP contribution in [-0.2, 0) is 21.2 Å². The summed E-state index contributed by atoms with van der Waals surface area (Å²) in [5, 5.41) is 8.73. The Hall–Kier alpha value is -1.40. The number of carboxylic acid groups (broad SMARTS) is 1. The Bertz CT molecular complexity index is 549. The molecule has 1 aromatic rings. The normalized spacial score (nSPS) is 13.4. The van der Waals surface area contributed by atoms with Gasteiger partial charge in [-0.15, -0.1) is 0 Å². The number of aliphatic carboxylic acids is 1. The molecule has 0 aliphatic heterocycles. The van der Waals surface area contributed by atoms with Crippen molar-refractivity contribution in [2.75, 3.05) is 0 Å². The summed E-state index contributed by atoms with van der Waals surface area (Å²) in [6.07, 6.45) is 1.94. The second kappa shape index (κ2) is 6.85. The number of carboxylic acids is 1. The van der Waals surface area contributed by atoms with Crippen LogP contribution in [0.4, 0.5) is 0 Å². The zero-order valence-corrected chi connectivity index (χ0v) is 12.8. The van der Waals surface area contributed by atoms with Gasteiger partial charge in [0.05, 0.1) is 4.90 Å². The minimum atomic E-state index is -3.78. The summed E-state index contributed by atoms with van der Waals surface area (Å²) >= 11 is 0. The molecule has 0 fully saturated rings. The second-order valence-electron chi connectivity index (χ2n) is 5.26.